The molecule has 0 bridgehead atoms. The number of nitrogens with zero attached hydrogens (tertiary/aromatic N) is 1. The average Bonchev–Trinajstić information content (AvgIpc) is 2.21. The van der Waals surface area contributed by atoms with Crippen LogP contribution in [0.2, 0.25) is 5.02 Å². The second-order valence-electron chi connectivity index (χ2n) is 3.41. The Hall–Kier alpha value is -1.13. The van der Waals surface area contributed by atoms with Crippen molar-refractivity contribution in [1.82, 2.24) is 10.3 Å². The van der Waals surface area contributed by atoms with Gasteiger partial charge in [0.1, 0.15) is 5.82 Å². The number of carbonyl (C=O) groups excluding carboxylic acids is 1. The molecule has 0 radical (unpaired) electrons. The first-order chi connectivity index (χ1) is 7.06. The maximum Gasteiger partial charge on any atom is 0.170 e. The molecule has 5 heteroatoms. The van der Waals surface area contributed by atoms with Crippen molar-refractivity contribution >= 4 is 23.2 Å². The molecule has 0 saturated carbocycles. The number of pyridine rings is 1. The van der Waals surface area contributed by atoms with E-state index in [1.807, 2.05) is 6.92 Å². The summed E-state index contributed by atoms with van der Waals surface area (Å²) in [5.74, 6) is 0.0433. The molecule has 0 amide bonds. The van der Waals surface area contributed by atoms with Gasteiger partial charge in [-0.25, -0.2) is 4.98 Å². The summed E-state index contributed by atoms with van der Waals surface area (Å²) in [6, 6.07) is 1.55. The highest BCUT2D eigenvalue weighted by Gasteiger charge is 2.17. The Bertz CT molecular complexity index is 368. The lowest BCUT2D eigenvalue weighted by Gasteiger charge is -2.10. The van der Waals surface area contributed by atoms with Gasteiger partial charge >= 0.3 is 0 Å². The Balaban J connectivity index is 2.95. The number of nitrogens with two attached hydrogens (primary N) is 1. The van der Waals surface area contributed by atoms with Gasteiger partial charge in [-0.1, -0.05) is 18.5 Å². The van der Waals surface area contributed by atoms with Crippen LogP contribution in [0.15, 0.2) is 12.3 Å². The highest BCUT2D eigenvalue weighted by atomic mass is 35.5. The van der Waals surface area contributed by atoms with Gasteiger partial charge in [0.2, 0.25) is 0 Å². The molecule has 0 aromatic carbocycles. The number of carbonyl (C=O) groups is 1. The van der Waals surface area contributed by atoms with Crippen LogP contribution in [0.5, 0.6) is 0 Å². The van der Waals surface area contributed by atoms with Crippen LogP contribution in [0.25, 0.3) is 0 Å². The first-order valence-electron chi connectivity index (χ1n) is 4.66. The third-order valence-electron chi connectivity index (χ3n) is 2.11. The van der Waals surface area contributed by atoms with Crippen molar-refractivity contribution < 1.29 is 4.79 Å². The second kappa shape index (κ2) is 5.09. The fourth-order valence-corrected chi connectivity index (χ4v) is 1.47. The number of halogens is 1. The lowest BCUT2D eigenvalue weighted by molar-refractivity contribution is 0.0930. The molecule has 0 aliphatic carbocycles. The number of anilines is 1. The summed E-state index contributed by atoms with van der Waals surface area (Å²) >= 11 is 5.76. The maximum atomic E-state index is 11.9. The van der Waals surface area contributed by atoms with Crippen LogP contribution in [-0.2, 0) is 0 Å². The first kappa shape index (κ1) is 11.9. The number of hydrogen-bond donors (Lipinski definition) is 2. The standard InChI is InChI=1S/C10H14ClN3O/c1-6(4-13-2)9(15)8-3-7(11)5-14-10(8)12/h3,5-6,13H,4H2,1-2H3,(H2,12,14). The largest absolute Gasteiger partial charge is 0.383 e. The van der Waals surface area contributed by atoms with Gasteiger partial charge in [-0.05, 0) is 13.1 Å². The van der Waals surface area contributed by atoms with E-state index in [1.165, 1.54) is 6.20 Å². The molecule has 0 spiro atoms. The van der Waals surface area contributed by atoms with E-state index in [-0.39, 0.29) is 17.5 Å². The third-order valence-corrected chi connectivity index (χ3v) is 2.32. The van der Waals surface area contributed by atoms with Crippen LogP contribution in [0.4, 0.5) is 5.82 Å². The molecule has 0 fully saturated rings. The number of nitrogen functional groups attached to an aromatic ring is 1. The lowest BCUT2D eigenvalue weighted by Crippen LogP contribution is -2.24. The molecule has 1 rings (SSSR count). The molecule has 1 atom stereocenters. The molecular formula is C10H14ClN3O. The topological polar surface area (TPSA) is 68.0 Å². The molecule has 15 heavy (non-hydrogen) atoms. The van der Waals surface area contributed by atoms with E-state index >= 15 is 0 Å². The van der Waals surface area contributed by atoms with Crippen LogP contribution >= 0.6 is 11.6 Å². The molecule has 1 aromatic rings. The predicted octanol–water partition coefficient (Wildman–Crippen LogP) is 1.36. The van der Waals surface area contributed by atoms with Crippen LogP contribution in [0, 0.1) is 5.92 Å². The van der Waals surface area contributed by atoms with Crippen LogP contribution in [0.3, 0.4) is 0 Å². The summed E-state index contributed by atoms with van der Waals surface area (Å²) in [6.45, 7) is 2.43. The summed E-state index contributed by atoms with van der Waals surface area (Å²) in [6.07, 6.45) is 1.43. The van der Waals surface area contributed by atoms with Crippen molar-refractivity contribution in [1.29, 1.82) is 0 Å². The molecule has 1 unspecified atom stereocenters. The Morgan fingerprint density at radius 3 is 3.00 bits per heavy atom. The maximum absolute atomic E-state index is 11.9. The van der Waals surface area contributed by atoms with Gasteiger partial charge in [0.25, 0.3) is 0 Å². The van der Waals surface area contributed by atoms with E-state index in [0.29, 0.717) is 17.1 Å². The van der Waals surface area contributed by atoms with Crippen LogP contribution in [0.1, 0.15) is 17.3 Å². The van der Waals surface area contributed by atoms with Crippen molar-refractivity contribution in [3.05, 3.63) is 22.8 Å². The summed E-state index contributed by atoms with van der Waals surface area (Å²) < 4.78 is 0. The molecule has 3 N–H and O–H groups in total. The summed E-state index contributed by atoms with van der Waals surface area (Å²) in [5, 5.41) is 3.36. The Labute approximate surface area is 93.8 Å². The zero-order valence-corrected chi connectivity index (χ0v) is 9.51. The molecule has 1 aromatic heterocycles. The summed E-state index contributed by atoms with van der Waals surface area (Å²) in [4.78, 5) is 15.7. The molecule has 1 heterocycles. The normalized spacial score (nSPS) is 12.5. The highest BCUT2D eigenvalue weighted by molar-refractivity contribution is 6.31. The smallest absolute Gasteiger partial charge is 0.170 e. The average molecular weight is 228 g/mol. The minimum Gasteiger partial charge on any atom is -0.383 e. The van der Waals surface area contributed by atoms with E-state index in [9.17, 15) is 4.79 Å². The van der Waals surface area contributed by atoms with E-state index in [4.69, 9.17) is 17.3 Å². The molecule has 4 nitrogen and oxygen atoms in total. The number of aromatic nitrogens is 1. The highest BCUT2D eigenvalue weighted by Crippen LogP contribution is 2.18. The van der Waals surface area contributed by atoms with Crippen LogP contribution in [-0.4, -0.2) is 24.4 Å². The Kier molecular flexibility index (Phi) is 4.05. The van der Waals surface area contributed by atoms with Gasteiger partial charge < -0.3 is 11.1 Å². The summed E-state index contributed by atoms with van der Waals surface area (Å²) in [5.41, 5.74) is 6.01. The van der Waals surface area contributed by atoms with Gasteiger partial charge in [0.05, 0.1) is 10.6 Å². The Morgan fingerprint density at radius 2 is 2.40 bits per heavy atom. The van der Waals surface area contributed by atoms with Crippen molar-refractivity contribution in [2.24, 2.45) is 5.92 Å². The molecule has 0 aliphatic rings. The van der Waals surface area contributed by atoms with E-state index in [2.05, 4.69) is 10.3 Å². The monoisotopic (exact) mass is 227 g/mol. The zero-order chi connectivity index (χ0) is 11.4. The predicted molar refractivity (Wildman–Crippen MR) is 61.1 cm³/mol. The molecule has 0 saturated heterocycles. The quantitative estimate of drug-likeness (QED) is 0.763. The van der Waals surface area contributed by atoms with Gasteiger partial charge in [-0.3, -0.25) is 4.79 Å². The number of nitrogens with one attached hydrogen (secondary N) is 1. The minimum absolute atomic E-state index is 0.0446. The van der Waals surface area contributed by atoms with Crippen molar-refractivity contribution in [3.8, 4) is 0 Å². The van der Waals surface area contributed by atoms with Gasteiger partial charge in [-0.2, -0.15) is 0 Å². The fraction of sp³-hybridized carbons (Fsp3) is 0.400. The van der Waals surface area contributed by atoms with Crippen molar-refractivity contribution in [3.63, 3.8) is 0 Å². The van der Waals surface area contributed by atoms with E-state index in [1.54, 1.807) is 13.1 Å². The van der Waals surface area contributed by atoms with Crippen molar-refractivity contribution in [2.75, 3.05) is 19.3 Å². The third kappa shape index (κ3) is 2.91. The molecular weight excluding hydrogens is 214 g/mol. The van der Waals surface area contributed by atoms with Gasteiger partial charge in [0.15, 0.2) is 5.78 Å². The van der Waals surface area contributed by atoms with Gasteiger partial charge in [-0.15, -0.1) is 0 Å². The second-order valence-corrected chi connectivity index (χ2v) is 3.85. The minimum atomic E-state index is -0.141. The fourth-order valence-electron chi connectivity index (χ4n) is 1.31. The summed E-state index contributed by atoms with van der Waals surface area (Å²) in [7, 11) is 1.79. The van der Waals surface area contributed by atoms with Crippen LogP contribution < -0.4 is 11.1 Å². The number of Topliss-reactive ketones (excluding diaryl/α,β-unsaturated/α-hetero) is 1. The molecule has 82 valence electrons. The zero-order valence-electron chi connectivity index (χ0n) is 8.75. The van der Waals surface area contributed by atoms with Gasteiger partial charge in [0, 0.05) is 18.7 Å². The number of rotatable bonds is 4. The SMILES string of the molecule is CNCC(C)C(=O)c1cc(Cl)cnc1N. The van der Waals surface area contributed by atoms with E-state index in [0.717, 1.165) is 0 Å². The van der Waals surface area contributed by atoms with E-state index < -0.39 is 0 Å². The number of hydrogen-bond acceptors (Lipinski definition) is 4. The van der Waals surface area contributed by atoms with Crippen molar-refractivity contribution in [2.45, 2.75) is 6.92 Å². The number of ketones is 1. The lowest BCUT2D eigenvalue weighted by atomic mass is 10.00. The Morgan fingerprint density at radius 1 is 1.73 bits per heavy atom. The first-order valence-corrected chi connectivity index (χ1v) is 5.04. The molecule has 0 aliphatic heterocycles.